The minimum absolute atomic E-state index is 0.151. The average Bonchev–Trinajstić information content (AvgIpc) is 2.46. The molecule has 0 spiro atoms. The summed E-state index contributed by atoms with van der Waals surface area (Å²) in [5, 5.41) is 4.84. The number of aryl methyl sites for hydroxylation is 1. The van der Waals surface area contributed by atoms with Crippen LogP contribution in [0.4, 0.5) is 0 Å². The lowest BCUT2D eigenvalue weighted by Crippen LogP contribution is -2.16. The van der Waals surface area contributed by atoms with Crippen LogP contribution in [0, 0.1) is 0 Å². The van der Waals surface area contributed by atoms with Crippen molar-refractivity contribution in [3.8, 4) is 0 Å². The summed E-state index contributed by atoms with van der Waals surface area (Å²) in [5.41, 5.74) is 5.18. The van der Waals surface area contributed by atoms with E-state index in [4.69, 9.17) is 0 Å². The molecule has 3 rings (SSSR count). The van der Waals surface area contributed by atoms with Crippen LogP contribution in [-0.4, -0.2) is 16.7 Å². The molecular weight excluding hydrogens is 190 g/mol. The quantitative estimate of drug-likeness (QED) is 0.682. The molecule has 0 saturated carbocycles. The molecule has 1 aromatic heterocycles. The lowest BCUT2D eigenvalue weighted by atomic mass is 10.1. The van der Waals surface area contributed by atoms with Crippen LogP contribution in [0.25, 0.3) is 10.9 Å². The number of nitrogens with zero attached hydrogens (tertiary/aromatic N) is 2. The highest BCUT2D eigenvalue weighted by Crippen LogP contribution is 2.24. The summed E-state index contributed by atoms with van der Waals surface area (Å²) >= 11 is 0. The Morgan fingerprint density at radius 3 is 3.13 bits per heavy atom. The minimum atomic E-state index is -0.151. The molecule has 4 heteroatoms. The summed E-state index contributed by atoms with van der Waals surface area (Å²) < 4.78 is 2.00. The molecule has 1 N–H and O–H groups in total. The predicted molar refractivity (Wildman–Crippen MR) is 58.0 cm³/mol. The monoisotopic (exact) mass is 199 g/mol. The fourth-order valence-electron chi connectivity index (χ4n) is 1.99. The largest absolute Gasteiger partial charge is 0.350 e. The second-order valence-electron chi connectivity index (χ2n) is 3.59. The minimum Gasteiger partial charge on any atom is -0.350 e. The summed E-state index contributed by atoms with van der Waals surface area (Å²) in [4.78, 5) is 11.7. The van der Waals surface area contributed by atoms with Crippen LogP contribution in [0.3, 0.4) is 0 Å². The van der Waals surface area contributed by atoms with Gasteiger partial charge in [-0.15, -0.1) is 0 Å². The molecular formula is C11H9N3O. The van der Waals surface area contributed by atoms with Crippen molar-refractivity contribution in [2.45, 2.75) is 0 Å². The molecule has 0 saturated heterocycles. The summed E-state index contributed by atoms with van der Waals surface area (Å²) in [5.74, 6) is -0.151. The van der Waals surface area contributed by atoms with Crippen LogP contribution in [0.5, 0.6) is 0 Å². The van der Waals surface area contributed by atoms with Gasteiger partial charge in [0, 0.05) is 29.7 Å². The van der Waals surface area contributed by atoms with Gasteiger partial charge in [0.2, 0.25) is 0 Å². The van der Waals surface area contributed by atoms with E-state index in [-0.39, 0.29) is 5.91 Å². The van der Waals surface area contributed by atoms with E-state index in [9.17, 15) is 4.79 Å². The van der Waals surface area contributed by atoms with E-state index in [0.29, 0.717) is 5.56 Å². The van der Waals surface area contributed by atoms with Crippen LogP contribution < -0.4 is 5.43 Å². The van der Waals surface area contributed by atoms with Gasteiger partial charge >= 0.3 is 0 Å². The van der Waals surface area contributed by atoms with Gasteiger partial charge in [-0.1, -0.05) is 6.07 Å². The van der Waals surface area contributed by atoms with E-state index in [1.54, 1.807) is 6.21 Å². The molecule has 2 heterocycles. The van der Waals surface area contributed by atoms with E-state index in [2.05, 4.69) is 10.5 Å². The molecule has 0 unspecified atom stereocenters. The molecule has 1 aliphatic heterocycles. The molecule has 0 aliphatic carbocycles. The summed E-state index contributed by atoms with van der Waals surface area (Å²) in [7, 11) is 1.96. The van der Waals surface area contributed by atoms with Crippen LogP contribution in [0.2, 0.25) is 0 Å². The first kappa shape index (κ1) is 8.23. The van der Waals surface area contributed by atoms with Crippen molar-refractivity contribution in [2.75, 3.05) is 0 Å². The Morgan fingerprint density at radius 1 is 1.40 bits per heavy atom. The standard InChI is InChI=1S/C11H9N3O/c1-14-6-7-5-12-13-11(15)8-3-2-4-9(14)10(7)8/h2-6H,1H3,(H,13,15). The zero-order valence-electron chi connectivity index (χ0n) is 8.19. The van der Waals surface area contributed by atoms with Gasteiger partial charge in [0.1, 0.15) is 0 Å². The van der Waals surface area contributed by atoms with E-state index < -0.39 is 0 Å². The van der Waals surface area contributed by atoms with Gasteiger partial charge in [0.05, 0.1) is 11.8 Å². The van der Waals surface area contributed by atoms with Crippen molar-refractivity contribution in [3.63, 3.8) is 0 Å². The van der Waals surface area contributed by atoms with Gasteiger partial charge < -0.3 is 4.57 Å². The SMILES string of the molecule is Cn1cc2c3c(cccc31)C(=O)NN=C2. The summed E-state index contributed by atoms with van der Waals surface area (Å²) in [6.07, 6.45) is 3.65. The lowest BCUT2D eigenvalue weighted by Gasteiger charge is -2.01. The molecule has 1 aromatic carbocycles. The number of hydrazone groups is 1. The number of nitrogens with one attached hydrogen (secondary N) is 1. The number of carbonyl (C=O) groups excluding carboxylic acids is 1. The number of hydrogen-bond donors (Lipinski definition) is 1. The highest BCUT2D eigenvalue weighted by Gasteiger charge is 2.16. The zero-order chi connectivity index (χ0) is 10.4. The molecule has 74 valence electrons. The van der Waals surface area contributed by atoms with Crippen molar-refractivity contribution in [3.05, 3.63) is 35.5 Å². The third-order valence-electron chi connectivity index (χ3n) is 2.66. The normalized spacial score (nSPS) is 14.1. The van der Waals surface area contributed by atoms with Gasteiger partial charge in [0.15, 0.2) is 0 Å². The second kappa shape index (κ2) is 2.70. The summed E-state index contributed by atoms with van der Waals surface area (Å²) in [6, 6.07) is 5.69. The second-order valence-corrected chi connectivity index (χ2v) is 3.59. The molecule has 4 nitrogen and oxygen atoms in total. The topological polar surface area (TPSA) is 46.4 Å². The van der Waals surface area contributed by atoms with Crippen LogP contribution in [0.15, 0.2) is 29.5 Å². The van der Waals surface area contributed by atoms with Gasteiger partial charge in [0.25, 0.3) is 5.91 Å². The van der Waals surface area contributed by atoms with E-state index in [1.807, 2.05) is 36.0 Å². The number of rotatable bonds is 0. The highest BCUT2D eigenvalue weighted by molar-refractivity contribution is 6.14. The molecule has 1 aliphatic rings. The maximum atomic E-state index is 11.7. The Hall–Kier alpha value is -2.10. The molecule has 15 heavy (non-hydrogen) atoms. The third kappa shape index (κ3) is 1.01. The maximum Gasteiger partial charge on any atom is 0.272 e. The fraction of sp³-hybridized carbons (Fsp3) is 0.0909. The average molecular weight is 199 g/mol. The fourth-order valence-corrected chi connectivity index (χ4v) is 1.99. The number of aromatic nitrogens is 1. The van der Waals surface area contributed by atoms with Gasteiger partial charge in [-0.2, -0.15) is 5.10 Å². The summed E-state index contributed by atoms with van der Waals surface area (Å²) in [6.45, 7) is 0. The van der Waals surface area contributed by atoms with Crippen molar-refractivity contribution in [2.24, 2.45) is 12.1 Å². The lowest BCUT2D eigenvalue weighted by molar-refractivity contribution is 0.0957. The Balaban J connectivity index is 2.53. The Labute approximate surface area is 86.2 Å². The van der Waals surface area contributed by atoms with Crippen molar-refractivity contribution in [1.29, 1.82) is 0 Å². The molecule has 1 amide bonds. The molecule has 0 radical (unpaired) electrons. The number of amides is 1. The smallest absolute Gasteiger partial charge is 0.272 e. The first-order valence-electron chi connectivity index (χ1n) is 4.69. The van der Waals surface area contributed by atoms with Crippen molar-refractivity contribution < 1.29 is 4.79 Å². The van der Waals surface area contributed by atoms with E-state index in [0.717, 1.165) is 16.5 Å². The Kier molecular flexibility index (Phi) is 1.48. The van der Waals surface area contributed by atoms with Crippen molar-refractivity contribution in [1.82, 2.24) is 9.99 Å². The zero-order valence-corrected chi connectivity index (χ0v) is 8.19. The number of carbonyl (C=O) groups is 1. The van der Waals surface area contributed by atoms with Crippen LogP contribution >= 0.6 is 0 Å². The van der Waals surface area contributed by atoms with E-state index in [1.165, 1.54) is 0 Å². The predicted octanol–water partition coefficient (Wildman–Crippen LogP) is 1.26. The highest BCUT2D eigenvalue weighted by atomic mass is 16.2. The Bertz CT molecular complexity index is 595. The van der Waals surface area contributed by atoms with Crippen LogP contribution in [-0.2, 0) is 7.05 Å². The first-order valence-corrected chi connectivity index (χ1v) is 4.69. The molecule has 0 bridgehead atoms. The van der Waals surface area contributed by atoms with Gasteiger partial charge in [-0.3, -0.25) is 4.79 Å². The molecule has 2 aromatic rings. The third-order valence-corrected chi connectivity index (χ3v) is 2.66. The Morgan fingerprint density at radius 2 is 2.27 bits per heavy atom. The number of hydrogen-bond acceptors (Lipinski definition) is 2. The van der Waals surface area contributed by atoms with Gasteiger partial charge in [-0.05, 0) is 12.1 Å². The maximum absolute atomic E-state index is 11.7. The molecule has 0 atom stereocenters. The number of benzene rings is 1. The van der Waals surface area contributed by atoms with Gasteiger partial charge in [-0.25, -0.2) is 5.43 Å². The van der Waals surface area contributed by atoms with E-state index >= 15 is 0 Å². The molecule has 0 fully saturated rings. The van der Waals surface area contributed by atoms with Crippen LogP contribution in [0.1, 0.15) is 15.9 Å². The van der Waals surface area contributed by atoms with Crippen molar-refractivity contribution >= 4 is 23.0 Å². The first-order chi connectivity index (χ1) is 7.27.